The molecule has 0 saturated carbocycles. The van der Waals surface area contributed by atoms with Crippen molar-refractivity contribution in [3.8, 4) is 0 Å². The number of hydrogen-bond donors (Lipinski definition) is 1. The van der Waals surface area contributed by atoms with Crippen molar-refractivity contribution in [1.82, 2.24) is 15.1 Å². The van der Waals surface area contributed by atoms with Crippen LogP contribution in [0.1, 0.15) is 43.0 Å². The first-order chi connectivity index (χ1) is 10.7. The molecule has 0 aromatic carbocycles. The summed E-state index contributed by atoms with van der Waals surface area (Å²) in [6, 6.07) is 6.03. The number of thiophene rings is 1. The molecule has 3 rings (SSSR count). The van der Waals surface area contributed by atoms with Crippen molar-refractivity contribution in [2.75, 3.05) is 6.61 Å². The summed E-state index contributed by atoms with van der Waals surface area (Å²) in [6.07, 6.45) is 2.32. The van der Waals surface area contributed by atoms with Crippen molar-refractivity contribution in [2.24, 2.45) is 5.92 Å². The molecule has 0 spiro atoms. The van der Waals surface area contributed by atoms with Crippen LogP contribution in [0.4, 0.5) is 0 Å². The molecular formula is C16H21N3O2S. The second-order valence-electron chi connectivity index (χ2n) is 5.50. The highest BCUT2D eigenvalue weighted by molar-refractivity contribution is 7.10. The Hall–Kier alpha value is -1.66. The van der Waals surface area contributed by atoms with Gasteiger partial charge in [0.15, 0.2) is 0 Å². The highest BCUT2D eigenvalue weighted by atomic mass is 32.1. The molecule has 0 radical (unpaired) electrons. The molecule has 2 aromatic heterocycles. The van der Waals surface area contributed by atoms with Gasteiger partial charge in [-0.1, -0.05) is 6.07 Å². The number of hydrogen-bond acceptors (Lipinski definition) is 4. The largest absolute Gasteiger partial charge is 0.371 e. The summed E-state index contributed by atoms with van der Waals surface area (Å²) >= 11 is 1.66. The van der Waals surface area contributed by atoms with Gasteiger partial charge >= 0.3 is 0 Å². The third-order valence-corrected chi connectivity index (χ3v) is 5.15. The predicted molar refractivity (Wildman–Crippen MR) is 85.6 cm³/mol. The lowest BCUT2D eigenvalue weighted by atomic mass is 9.97. The molecule has 118 valence electrons. The average Bonchev–Trinajstić information content (AvgIpc) is 3.25. The van der Waals surface area contributed by atoms with Crippen LogP contribution in [0.3, 0.4) is 0 Å². The number of nitrogens with one attached hydrogen (secondary N) is 1. The maximum atomic E-state index is 12.6. The van der Waals surface area contributed by atoms with Crippen LogP contribution < -0.4 is 5.32 Å². The van der Waals surface area contributed by atoms with E-state index in [4.69, 9.17) is 4.74 Å². The van der Waals surface area contributed by atoms with Crippen molar-refractivity contribution in [3.05, 3.63) is 40.3 Å². The normalized spacial score (nSPS) is 22.6. The van der Waals surface area contributed by atoms with E-state index < -0.39 is 0 Å². The van der Waals surface area contributed by atoms with Crippen LogP contribution in [0.15, 0.2) is 29.8 Å². The van der Waals surface area contributed by atoms with Gasteiger partial charge in [0.2, 0.25) is 5.91 Å². The van der Waals surface area contributed by atoms with Gasteiger partial charge in [0.05, 0.1) is 17.7 Å². The molecule has 6 heteroatoms. The first-order valence-corrected chi connectivity index (χ1v) is 8.55. The Bertz CT molecular complexity index is 623. The van der Waals surface area contributed by atoms with E-state index >= 15 is 0 Å². The maximum absolute atomic E-state index is 12.6. The fraction of sp³-hybridized carbons (Fsp3) is 0.500. The van der Waals surface area contributed by atoms with Gasteiger partial charge in [-0.25, -0.2) is 0 Å². The third-order valence-electron chi connectivity index (χ3n) is 4.10. The first-order valence-electron chi connectivity index (χ1n) is 7.67. The minimum atomic E-state index is -0.196. The SMILES string of the molecule is CCn1nccc1[C@@H]1OCC[C@H]1C(=O)NC(C)c1cccs1. The number of carbonyl (C=O) groups is 1. The number of nitrogens with zero attached hydrogens (tertiary/aromatic N) is 2. The molecule has 1 fully saturated rings. The fourth-order valence-electron chi connectivity index (χ4n) is 2.93. The van der Waals surface area contributed by atoms with Crippen LogP contribution in [-0.4, -0.2) is 22.3 Å². The van der Waals surface area contributed by atoms with E-state index in [0.717, 1.165) is 18.7 Å². The number of ether oxygens (including phenoxy) is 1. The number of rotatable bonds is 5. The van der Waals surface area contributed by atoms with Gasteiger partial charge in [0.25, 0.3) is 0 Å². The van der Waals surface area contributed by atoms with E-state index in [1.54, 1.807) is 17.5 Å². The second kappa shape index (κ2) is 6.62. The Balaban J connectivity index is 1.71. The van der Waals surface area contributed by atoms with Crippen LogP contribution in [0.25, 0.3) is 0 Å². The lowest BCUT2D eigenvalue weighted by molar-refractivity contribution is -0.127. The molecule has 1 saturated heterocycles. The Morgan fingerprint density at radius 2 is 2.45 bits per heavy atom. The molecule has 5 nitrogen and oxygen atoms in total. The summed E-state index contributed by atoms with van der Waals surface area (Å²) in [6.45, 7) is 5.46. The summed E-state index contributed by atoms with van der Waals surface area (Å²) in [5, 5.41) is 9.42. The molecule has 1 unspecified atom stereocenters. The highest BCUT2D eigenvalue weighted by Crippen LogP contribution is 2.35. The highest BCUT2D eigenvalue weighted by Gasteiger charge is 2.37. The number of amides is 1. The zero-order chi connectivity index (χ0) is 15.5. The van der Waals surface area contributed by atoms with E-state index in [1.165, 1.54) is 4.88 Å². The quantitative estimate of drug-likeness (QED) is 0.922. The third kappa shape index (κ3) is 2.94. The molecule has 1 amide bonds. The lowest BCUT2D eigenvalue weighted by Crippen LogP contribution is -2.34. The van der Waals surface area contributed by atoms with E-state index in [0.29, 0.717) is 6.61 Å². The molecule has 1 N–H and O–H groups in total. The lowest BCUT2D eigenvalue weighted by Gasteiger charge is -2.21. The van der Waals surface area contributed by atoms with E-state index in [9.17, 15) is 4.79 Å². The molecule has 22 heavy (non-hydrogen) atoms. The minimum absolute atomic E-state index is 0.0323. The van der Waals surface area contributed by atoms with Gasteiger partial charge in [-0.05, 0) is 37.8 Å². The summed E-state index contributed by atoms with van der Waals surface area (Å²) in [7, 11) is 0. The Morgan fingerprint density at radius 1 is 1.59 bits per heavy atom. The van der Waals surface area contributed by atoms with Crippen LogP contribution in [0, 0.1) is 5.92 Å². The minimum Gasteiger partial charge on any atom is -0.371 e. The topological polar surface area (TPSA) is 56.2 Å². The number of aryl methyl sites for hydroxylation is 1. The van der Waals surface area contributed by atoms with Crippen molar-refractivity contribution in [1.29, 1.82) is 0 Å². The van der Waals surface area contributed by atoms with Gasteiger partial charge in [-0.15, -0.1) is 11.3 Å². The van der Waals surface area contributed by atoms with Gasteiger partial charge in [0, 0.05) is 24.2 Å². The average molecular weight is 319 g/mol. The zero-order valence-corrected chi connectivity index (χ0v) is 13.7. The summed E-state index contributed by atoms with van der Waals surface area (Å²) in [5.74, 6) is -0.0864. The predicted octanol–water partition coefficient (Wildman–Crippen LogP) is 2.92. The molecule has 3 atom stereocenters. The molecule has 0 aliphatic carbocycles. The molecule has 2 aromatic rings. The Morgan fingerprint density at radius 3 is 3.18 bits per heavy atom. The van der Waals surface area contributed by atoms with Gasteiger partial charge in [-0.2, -0.15) is 5.10 Å². The Labute approximate surface area is 134 Å². The molecule has 1 aliphatic rings. The molecule has 3 heterocycles. The first kappa shape index (κ1) is 15.2. The van der Waals surface area contributed by atoms with E-state index in [2.05, 4.69) is 10.4 Å². The zero-order valence-electron chi connectivity index (χ0n) is 12.9. The maximum Gasteiger partial charge on any atom is 0.226 e. The number of aromatic nitrogens is 2. The standard InChI is InChI=1S/C16H21N3O2S/c1-3-19-13(6-8-17-19)15-12(7-9-21-15)16(20)18-11(2)14-5-4-10-22-14/h4-6,8,10-12,15H,3,7,9H2,1-2H3,(H,18,20)/t11?,12-,15-/m1/s1. The molecule has 0 bridgehead atoms. The van der Waals surface area contributed by atoms with Gasteiger partial charge < -0.3 is 10.1 Å². The Kier molecular flexibility index (Phi) is 4.59. The van der Waals surface area contributed by atoms with Crippen LogP contribution in [0.2, 0.25) is 0 Å². The smallest absolute Gasteiger partial charge is 0.226 e. The molecular weight excluding hydrogens is 298 g/mol. The van der Waals surface area contributed by atoms with Crippen molar-refractivity contribution in [3.63, 3.8) is 0 Å². The van der Waals surface area contributed by atoms with Crippen molar-refractivity contribution >= 4 is 17.2 Å². The summed E-state index contributed by atoms with van der Waals surface area (Å²) in [5.41, 5.74) is 0.990. The van der Waals surface area contributed by atoms with Gasteiger partial charge in [0.1, 0.15) is 6.10 Å². The van der Waals surface area contributed by atoms with Gasteiger partial charge in [-0.3, -0.25) is 9.48 Å². The summed E-state index contributed by atoms with van der Waals surface area (Å²) < 4.78 is 7.73. The number of carbonyl (C=O) groups excluding carboxylic acids is 1. The fourth-order valence-corrected chi connectivity index (χ4v) is 3.66. The summed E-state index contributed by atoms with van der Waals surface area (Å²) in [4.78, 5) is 13.8. The van der Waals surface area contributed by atoms with Crippen LogP contribution in [0.5, 0.6) is 0 Å². The molecule has 1 aliphatic heterocycles. The van der Waals surface area contributed by atoms with Crippen molar-refractivity contribution < 1.29 is 9.53 Å². The monoisotopic (exact) mass is 319 g/mol. The van der Waals surface area contributed by atoms with Crippen LogP contribution in [-0.2, 0) is 16.1 Å². The van der Waals surface area contributed by atoms with E-state index in [-0.39, 0.29) is 24.0 Å². The van der Waals surface area contributed by atoms with Crippen molar-refractivity contribution in [2.45, 2.75) is 39.0 Å². The second-order valence-corrected chi connectivity index (χ2v) is 6.48. The van der Waals surface area contributed by atoms with Crippen LogP contribution >= 0.6 is 11.3 Å². The van der Waals surface area contributed by atoms with E-state index in [1.807, 2.05) is 42.1 Å².